The quantitative estimate of drug-likeness (QED) is 0.786. The lowest BCUT2D eigenvalue weighted by Gasteiger charge is -2.10. The molecular weight excluding hydrogens is 250 g/mol. The van der Waals surface area contributed by atoms with Crippen LogP contribution < -0.4 is 5.32 Å². The van der Waals surface area contributed by atoms with Gasteiger partial charge in [-0.3, -0.25) is 13.8 Å². The minimum atomic E-state index is -1.49. The molecule has 0 aliphatic heterocycles. The van der Waals surface area contributed by atoms with Crippen molar-refractivity contribution >= 4 is 22.5 Å². The number of Topliss-reactive ketones (excluding diaryl/α,β-unsaturated/α-hetero) is 1. The fourth-order valence-corrected chi connectivity index (χ4v) is 2.44. The van der Waals surface area contributed by atoms with Gasteiger partial charge in [0.25, 0.3) is 0 Å². The first-order valence-corrected chi connectivity index (χ1v) is 7.17. The number of rotatable bonds is 6. The van der Waals surface area contributed by atoms with E-state index in [1.807, 2.05) is 6.07 Å². The van der Waals surface area contributed by atoms with Crippen molar-refractivity contribution in [1.29, 1.82) is 0 Å². The summed E-state index contributed by atoms with van der Waals surface area (Å²) in [5, 5.41) is 1.90. The second kappa shape index (κ2) is 7.06. The van der Waals surface area contributed by atoms with Gasteiger partial charge in [0.1, 0.15) is 5.75 Å². The minimum absolute atomic E-state index is 0.131. The number of hydrogen-bond donors (Lipinski definition) is 1. The summed E-state index contributed by atoms with van der Waals surface area (Å²) < 4.78 is 11.9. The molecule has 2 atom stereocenters. The first-order chi connectivity index (χ1) is 8.56. The number of carbonyl (C=O) groups excluding carboxylic acids is 2. The lowest BCUT2D eigenvalue weighted by molar-refractivity contribution is -0.118. The van der Waals surface area contributed by atoms with Crippen molar-refractivity contribution in [3.63, 3.8) is 0 Å². The monoisotopic (exact) mass is 267 g/mol. The van der Waals surface area contributed by atoms with E-state index in [1.165, 1.54) is 0 Å². The van der Waals surface area contributed by atoms with Crippen molar-refractivity contribution in [3.05, 3.63) is 35.9 Å². The number of nitrogens with one attached hydrogen (secondary N) is 1. The fourth-order valence-electron chi connectivity index (χ4n) is 1.46. The molecule has 0 aliphatic carbocycles. The van der Waals surface area contributed by atoms with Gasteiger partial charge in [0, 0.05) is 22.9 Å². The van der Waals surface area contributed by atoms with E-state index >= 15 is 0 Å². The van der Waals surface area contributed by atoms with Crippen LogP contribution in [-0.2, 0) is 15.6 Å². The standard InChI is InChI=1S/C13H17NO3S/c1-3-14-12(15)9-18(17)10(2)13(16)11-7-5-4-6-8-11/h4-8,10H,3,9H2,1-2H3,(H,14,15). The Kier molecular flexibility index (Phi) is 5.71. The van der Waals surface area contributed by atoms with E-state index in [9.17, 15) is 13.8 Å². The molecule has 5 heteroatoms. The second-order valence-electron chi connectivity index (χ2n) is 3.85. The SMILES string of the molecule is CCNC(=O)CS(=O)C(C)C(=O)c1ccccc1. The van der Waals surface area contributed by atoms with E-state index in [0.29, 0.717) is 12.1 Å². The van der Waals surface area contributed by atoms with Crippen LogP contribution in [0.3, 0.4) is 0 Å². The van der Waals surface area contributed by atoms with Gasteiger partial charge in [0.15, 0.2) is 5.78 Å². The molecule has 0 aliphatic rings. The molecule has 2 unspecified atom stereocenters. The minimum Gasteiger partial charge on any atom is -0.356 e. The highest BCUT2D eigenvalue weighted by Gasteiger charge is 2.22. The Balaban J connectivity index is 2.64. The maximum atomic E-state index is 12.0. The van der Waals surface area contributed by atoms with Crippen LogP contribution in [0.15, 0.2) is 30.3 Å². The number of amides is 1. The predicted octanol–water partition coefficient (Wildman–Crippen LogP) is 1.14. The van der Waals surface area contributed by atoms with Gasteiger partial charge in [-0.15, -0.1) is 0 Å². The van der Waals surface area contributed by atoms with Crippen molar-refractivity contribution in [2.75, 3.05) is 12.3 Å². The molecule has 1 N–H and O–H groups in total. The molecule has 0 fully saturated rings. The molecule has 1 aromatic carbocycles. The summed E-state index contributed by atoms with van der Waals surface area (Å²) >= 11 is 0. The van der Waals surface area contributed by atoms with Crippen molar-refractivity contribution in [2.45, 2.75) is 19.1 Å². The van der Waals surface area contributed by atoms with Gasteiger partial charge in [-0.25, -0.2) is 0 Å². The first-order valence-electron chi connectivity index (χ1n) is 5.79. The summed E-state index contributed by atoms with van der Waals surface area (Å²) in [4.78, 5) is 23.3. The fraction of sp³-hybridized carbons (Fsp3) is 0.385. The van der Waals surface area contributed by atoms with Crippen LogP contribution in [0.2, 0.25) is 0 Å². The van der Waals surface area contributed by atoms with Crippen LogP contribution in [0.4, 0.5) is 0 Å². The zero-order valence-corrected chi connectivity index (χ0v) is 11.3. The van der Waals surface area contributed by atoms with E-state index < -0.39 is 16.0 Å². The van der Waals surface area contributed by atoms with Crippen molar-refractivity contribution < 1.29 is 13.8 Å². The third-order valence-electron chi connectivity index (χ3n) is 2.47. The van der Waals surface area contributed by atoms with E-state index in [2.05, 4.69) is 5.32 Å². The zero-order valence-electron chi connectivity index (χ0n) is 10.5. The molecule has 1 amide bonds. The van der Waals surface area contributed by atoms with Crippen molar-refractivity contribution in [2.24, 2.45) is 0 Å². The molecule has 0 bridgehead atoms. The Bertz CT molecular complexity index is 445. The smallest absolute Gasteiger partial charge is 0.232 e. The molecule has 1 aromatic rings. The van der Waals surface area contributed by atoms with Gasteiger partial charge in [0.2, 0.25) is 5.91 Å². The number of ketones is 1. The Morgan fingerprint density at radius 1 is 1.28 bits per heavy atom. The van der Waals surface area contributed by atoms with Gasteiger partial charge in [-0.05, 0) is 13.8 Å². The van der Waals surface area contributed by atoms with E-state index in [4.69, 9.17) is 0 Å². The van der Waals surface area contributed by atoms with Crippen LogP contribution in [0, 0.1) is 0 Å². The van der Waals surface area contributed by atoms with Gasteiger partial charge in [0.05, 0.1) is 5.25 Å². The largest absolute Gasteiger partial charge is 0.356 e. The van der Waals surface area contributed by atoms with Crippen LogP contribution in [0.1, 0.15) is 24.2 Å². The van der Waals surface area contributed by atoms with Crippen molar-refractivity contribution in [3.8, 4) is 0 Å². The molecule has 98 valence electrons. The van der Waals surface area contributed by atoms with Crippen LogP contribution in [0.5, 0.6) is 0 Å². The zero-order chi connectivity index (χ0) is 13.5. The summed E-state index contributed by atoms with van der Waals surface area (Å²) in [6.07, 6.45) is 0. The Morgan fingerprint density at radius 2 is 1.89 bits per heavy atom. The molecule has 0 heterocycles. The van der Waals surface area contributed by atoms with Gasteiger partial charge >= 0.3 is 0 Å². The van der Waals surface area contributed by atoms with E-state index in [0.717, 1.165) is 0 Å². The average Bonchev–Trinajstić information content (AvgIpc) is 2.38. The molecule has 0 saturated heterocycles. The Labute approximate surface area is 109 Å². The lowest BCUT2D eigenvalue weighted by Crippen LogP contribution is -2.33. The molecule has 0 saturated carbocycles. The topological polar surface area (TPSA) is 63.2 Å². The van der Waals surface area contributed by atoms with Crippen LogP contribution >= 0.6 is 0 Å². The number of benzene rings is 1. The third kappa shape index (κ3) is 4.07. The van der Waals surface area contributed by atoms with E-state index in [1.54, 1.807) is 38.1 Å². The highest BCUT2D eigenvalue weighted by molar-refractivity contribution is 7.87. The summed E-state index contributed by atoms with van der Waals surface area (Å²) in [6, 6.07) is 8.69. The van der Waals surface area contributed by atoms with Crippen molar-refractivity contribution in [1.82, 2.24) is 5.32 Å². The van der Waals surface area contributed by atoms with Gasteiger partial charge < -0.3 is 5.32 Å². The Morgan fingerprint density at radius 3 is 2.44 bits per heavy atom. The third-order valence-corrected chi connectivity index (χ3v) is 4.02. The molecule has 0 spiro atoms. The normalized spacial score (nSPS) is 13.7. The highest BCUT2D eigenvalue weighted by atomic mass is 32.2. The Hall–Kier alpha value is -1.49. The van der Waals surface area contributed by atoms with Crippen LogP contribution in [0.25, 0.3) is 0 Å². The molecule has 0 aromatic heterocycles. The molecule has 4 nitrogen and oxygen atoms in total. The summed E-state index contributed by atoms with van der Waals surface area (Å²) in [7, 11) is -1.49. The maximum Gasteiger partial charge on any atom is 0.232 e. The van der Waals surface area contributed by atoms with Gasteiger partial charge in [-0.1, -0.05) is 30.3 Å². The highest BCUT2D eigenvalue weighted by Crippen LogP contribution is 2.08. The predicted molar refractivity (Wildman–Crippen MR) is 71.9 cm³/mol. The summed E-state index contributed by atoms with van der Waals surface area (Å²) in [5.41, 5.74) is 0.522. The molecule has 18 heavy (non-hydrogen) atoms. The number of hydrogen-bond acceptors (Lipinski definition) is 3. The summed E-state index contributed by atoms with van der Waals surface area (Å²) in [5.74, 6) is -0.616. The average molecular weight is 267 g/mol. The van der Waals surface area contributed by atoms with Crippen LogP contribution in [-0.4, -0.2) is 33.4 Å². The maximum absolute atomic E-state index is 12.0. The molecule has 0 radical (unpaired) electrons. The van der Waals surface area contributed by atoms with Gasteiger partial charge in [-0.2, -0.15) is 0 Å². The second-order valence-corrected chi connectivity index (χ2v) is 5.61. The molecule has 1 rings (SSSR count). The number of carbonyl (C=O) groups is 2. The first kappa shape index (κ1) is 14.6. The lowest BCUT2D eigenvalue weighted by atomic mass is 10.1. The summed E-state index contributed by atoms with van der Waals surface area (Å²) in [6.45, 7) is 3.88. The molecular formula is C13H17NO3S. The van der Waals surface area contributed by atoms with E-state index in [-0.39, 0.29) is 17.4 Å².